The molecule has 0 aliphatic carbocycles. The first kappa shape index (κ1) is 30.1. The van der Waals surface area contributed by atoms with Crippen LogP contribution >= 0.6 is 0 Å². The molecule has 37 heavy (non-hydrogen) atoms. The van der Waals surface area contributed by atoms with Crippen molar-refractivity contribution in [1.29, 1.82) is 0 Å². The molecular formula is C27H38FN3O5S. The summed E-state index contributed by atoms with van der Waals surface area (Å²) in [6, 6.07) is 11.7. The lowest BCUT2D eigenvalue weighted by atomic mass is 10.0. The van der Waals surface area contributed by atoms with E-state index in [-0.39, 0.29) is 37.7 Å². The molecule has 0 saturated heterocycles. The third-order valence-corrected chi connectivity index (χ3v) is 6.84. The van der Waals surface area contributed by atoms with Crippen LogP contribution in [0.5, 0.6) is 5.75 Å². The zero-order valence-corrected chi connectivity index (χ0v) is 23.3. The minimum absolute atomic E-state index is 0.0243. The number of ether oxygens (including phenoxy) is 1. The SMILES string of the molecule is CC[C@H](C(=O)NC(C)(C)C)N(Cc1ccc(F)cc1)C(=O)CCCN(c1cccc(OC)c1)S(C)(=O)=O. The predicted octanol–water partition coefficient (Wildman–Crippen LogP) is 4.10. The minimum atomic E-state index is -3.62. The Hall–Kier alpha value is -3.14. The molecular weight excluding hydrogens is 497 g/mol. The largest absolute Gasteiger partial charge is 0.497 e. The summed E-state index contributed by atoms with van der Waals surface area (Å²) in [6.45, 7) is 7.62. The van der Waals surface area contributed by atoms with Crippen LogP contribution in [0, 0.1) is 5.82 Å². The Labute approximate surface area is 219 Å². The number of methoxy groups -OCH3 is 1. The van der Waals surface area contributed by atoms with Gasteiger partial charge in [0.2, 0.25) is 21.8 Å². The van der Waals surface area contributed by atoms with Crippen LogP contribution in [0.4, 0.5) is 10.1 Å². The topological polar surface area (TPSA) is 96.0 Å². The smallest absolute Gasteiger partial charge is 0.243 e. The fourth-order valence-corrected chi connectivity index (χ4v) is 4.89. The first-order valence-electron chi connectivity index (χ1n) is 12.2. The molecule has 1 atom stereocenters. The van der Waals surface area contributed by atoms with Crippen LogP contribution in [-0.4, -0.2) is 56.6 Å². The standard InChI is InChI=1S/C27H38FN3O5S/c1-7-24(26(33)29-27(2,3)4)30(19-20-13-15-21(28)16-14-20)25(32)12-9-17-31(37(6,34)35)22-10-8-11-23(18-22)36-5/h8,10-11,13-16,18,24H,7,9,12,17,19H2,1-6H3,(H,29,33)/t24-/m1/s1. The van der Waals surface area contributed by atoms with Gasteiger partial charge in [-0.3, -0.25) is 13.9 Å². The number of carbonyl (C=O) groups excluding carboxylic acids is 2. The average molecular weight is 536 g/mol. The quantitative estimate of drug-likeness (QED) is 0.442. The Morgan fingerprint density at radius 3 is 2.30 bits per heavy atom. The molecule has 2 aromatic carbocycles. The monoisotopic (exact) mass is 535 g/mol. The predicted molar refractivity (Wildman–Crippen MR) is 143 cm³/mol. The van der Waals surface area contributed by atoms with Crippen LogP contribution in [0.15, 0.2) is 48.5 Å². The molecule has 1 N–H and O–H groups in total. The van der Waals surface area contributed by atoms with Crippen LogP contribution in [0.2, 0.25) is 0 Å². The molecule has 8 nitrogen and oxygen atoms in total. The summed E-state index contributed by atoms with van der Waals surface area (Å²) in [4.78, 5) is 28.0. The number of anilines is 1. The van der Waals surface area contributed by atoms with E-state index in [0.29, 0.717) is 23.4 Å². The van der Waals surface area contributed by atoms with E-state index in [1.54, 1.807) is 36.4 Å². The van der Waals surface area contributed by atoms with Gasteiger partial charge in [-0.1, -0.05) is 25.1 Å². The highest BCUT2D eigenvalue weighted by Gasteiger charge is 2.30. The number of halogens is 1. The van der Waals surface area contributed by atoms with Crippen molar-refractivity contribution in [2.45, 2.75) is 65.1 Å². The van der Waals surface area contributed by atoms with Gasteiger partial charge in [0.05, 0.1) is 19.1 Å². The van der Waals surface area contributed by atoms with Crippen molar-refractivity contribution in [2.24, 2.45) is 0 Å². The molecule has 10 heteroatoms. The molecule has 204 valence electrons. The number of hydrogen-bond donors (Lipinski definition) is 1. The van der Waals surface area contributed by atoms with E-state index in [1.165, 1.54) is 28.4 Å². The van der Waals surface area contributed by atoms with Crippen molar-refractivity contribution in [3.63, 3.8) is 0 Å². The lowest BCUT2D eigenvalue weighted by molar-refractivity contribution is -0.142. The molecule has 2 rings (SSSR count). The van der Waals surface area contributed by atoms with Crippen LogP contribution in [-0.2, 0) is 26.2 Å². The number of rotatable bonds is 12. The second-order valence-electron chi connectivity index (χ2n) is 9.95. The molecule has 0 bridgehead atoms. The molecule has 0 spiro atoms. The van der Waals surface area contributed by atoms with Crippen LogP contribution in [0.3, 0.4) is 0 Å². The molecule has 2 aromatic rings. The van der Waals surface area contributed by atoms with Crippen LogP contribution in [0.25, 0.3) is 0 Å². The highest BCUT2D eigenvalue weighted by Crippen LogP contribution is 2.24. The molecule has 0 aliphatic heterocycles. The zero-order chi connectivity index (χ0) is 27.8. The Bertz CT molecular complexity index is 1160. The van der Waals surface area contributed by atoms with E-state index in [4.69, 9.17) is 4.74 Å². The molecule has 0 unspecified atom stereocenters. The summed E-state index contributed by atoms with van der Waals surface area (Å²) in [6.07, 6.45) is 1.75. The van der Waals surface area contributed by atoms with Crippen molar-refractivity contribution in [3.8, 4) is 5.75 Å². The first-order chi connectivity index (χ1) is 17.2. The number of nitrogens with zero attached hydrogens (tertiary/aromatic N) is 2. The Morgan fingerprint density at radius 1 is 1.11 bits per heavy atom. The highest BCUT2D eigenvalue weighted by atomic mass is 32.2. The maximum atomic E-state index is 13.4. The molecule has 0 heterocycles. The summed E-state index contributed by atoms with van der Waals surface area (Å²) >= 11 is 0. The lowest BCUT2D eigenvalue weighted by Gasteiger charge is -2.33. The molecule has 0 radical (unpaired) electrons. The average Bonchev–Trinajstić information content (AvgIpc) is 2.81. The maximum absolute atomic E-state index is 13.4. The molecule has 2 amide bonds. The normalized spacial score (nSPS) is 12.5. The first-order valence-corrected chi connectivity index (χ1v) is 14.1. The highest BCUT2D eigenvalue weighted by molar-refractivity contribution is 7.92. The van der Waals surface area contributed by atoms with Gasteiger partial charge in [0, 0.05) is 31.1 Å². The number of amides is 2. The molecule has 0 aromatic heterocycles. The van der Waals surface area contributed by atoms with Gasteiger partial charge in [0.1, 0.15) is 17.6 Å². The van der Waals surface area contributed by atoms with E-state index in [2.05, 4.69) is 5.32 Å². The summed E-state index contributed by atoms with van der Waals surface area (Å²) in [5.41, 5.74) is 0.640. The number of sulfonamides is 1. The van der Waals surface area contributed by atoms with Gasteiger partial charge < -0.3 is 15.0 Å². The third-order valence-electron chi connectivity index (χ3n) is 5.64. The van der Waals surface area contributed by atoms with E-state index in [1.807, 2.05) is 27.7 Å². The van der Waals surface area contributed by atoms with E-state index in [0.717, 1.165) is 6.26 Å². The van der Waals surface area contributed by atoms with Crippen molar-refractivity contribution in [3.05, 3.63) is 59.9 Å². The van der Waals surface area contributed by atoms with Crippen molar-refractivity contribution >= 4 is 27.5 Å². The van der Waals surface area contributed by atoms with Gasteiger partial charge in [-0.25, -0.2) is 12.8 Å². The van der Waals surface area contributed by atoms with E-state index >= 15 is 0 Å². The summed E-state index contributed by atoms with van der Waals surface area (Å²) in [7, 11) is -2.12. The minimum Gasteiger partial charge on any atom is -0.497 e. The number of hydrogen-bond acceptors (Lipinski definition) is 5. The van der Waals surface area contributed by atoms with Crippen molar-refractivity contribution in [2.75, 3.05) is 24.2 Å². The molecule has 0 aliphatic rings. The summed E-state index contributed by atoms with van der Waals surface area (Å²) in [5, 5.41) is 2.93. The Balaban J connectivity index is 2.24. The second kappa shape index (κ2) is 12.9. The van der Waals surface area contributed by atoms with E-state index in [9.17, 15) is 22.4 Å². The fraction of sp³-hybridized carbons (Fsp3) is 0.481. The van der Waals surface area contributed by atoms with Gasteiger partial charge in [-0.05, 0) is 63.4 Å². The number of benzene rings is 2. The van der Waals surface area contributed by atoms with Gasteiger partial charge >= 0.3 is 0 Å². The van der Waals surface area contributed by atoms with Crippen molar-refractivity contribution in [1.82, 2.24) is 10.2 Å². The van der Waals surface area contributed by atoms with Crippen LogP contribution < -0.4 is 14.4 Å². The lowest BCUT2D eigenvalue weighted by Crippen LogP contribution is -2.53. The van der Waals surface area contributed by atoms with Crippen LogP contribution in [0.1, 0.15) is 52.5 Å². The van der Waals surface area contributed by atoms with E-state index < -0.39 is 27.4 Å². The number of carbonyl (C=O) groups is 2. The maximum Gasteiger partial charge on any atom is 0.243 e. The molecule has 0 saturated carbocycles. The van der Waals surface area contributed by atoms with Crippen molar-refractivity contribution < 1.29 is 27.1 Å². The van der Waals surface area contributed by atoms with Gasteiger partial charge in [0.25, 0.3) is 0 Å². The summed E-state index contributed by atoms with van der Waals surface area (Å²) in [5.74, 6) is -0.445. The van der Waals surface area contributed by atoms with Gasteiger partial charge in [-0.2, -0.15) is 0 Å². The number of nitrogens with one attached hydrogen (secondary N) is 1. The van der Waals surface area contributed by atoms with Gasteiger partial charge in [-0.15, -0.1) is 0 Å². The molecule has 0 fully saturated rings. The Kier molecular flexibility index (Phi) is 10.5. The fourth-order valence-electron chi connectivity index (χ4n) is 3.93. The van der Waals surface area contributed by atoms with Gasteiger partial charge in [0.15, 0.2) is 0 Å². The second-order valence-corrected chi connectivity index (χ2v) is 11.9. The zero-order valence-electron chi connectivity index (χ0n) is 22.5. The Morgan fingerprint density at radius 2 is 1.76 bits per heavy atom. The summed E-state index contributed by atoms with van der Waals surface area (Å²) < 4.78 is 44.9. The third kappa shape index (κ3) is 9.35.